The summed E-state index contributed by atoms with van der Waals surface area (Å²) in [5.74, 6) is -6.57. The van der Waals surface area contributed by atoms with E-state index in [0.717, 1.165) is 6.07 Å². The number of rotatable bonds is 6. The Balaban J connectivity index is 2.30. The molecule has 0 aliphatic rings. The first-order valence-electron chi connectivity index (χ1n) is 7.75. The van der Waals surface area contributed by atoms with Crippen LogP contribution >= 0.6 is 0 Å². The molecule has 2 aromatic rings. The molecule has 0 bridgehead atoms. The van der Waals surface area contributed by atoms with Gasteiger partial charge in [0.2, 0.25) is 0 Å². The summed E-state index contributed by atoms with van der Waals surface area (Å²) < 4.78 is 62.9. The normalized spacial score (nSPS) is 11.4. The van der Waals surface area contributed by atoms with Gasteiger partial charge in [-0.1, -0.05) is 0 Å². The fourth-order valence-corrected chi connectivity index (χ4v) is 3.43. The van der Waals surface area contributed by atoms with Gasteiger partial charge in [0.05, 0.1) is 27.1 Å². The van der Waals surface area contributed by atoms with Crippen molar-refractivity contribution in [3.05, 3.63) is 58.7 Å². The summed E-state index contributed by atoms with van der Waals surface area (Å²) in [7, 11) is -9.87. The highest BCUT2D eigenvalue weighted by Gasteiger charge is 2.24. The van der Waals surface area contributed by atoms with Crippen molar-refractivity contribution in [1.82, 2.24) is 0 Å². The van der Waals surface area contributed by atoms with Gasteiger partial charge in [0.1, 0.15) is 4.90 Å². The SMILES string of the molecule is O=C(O)c1cc(C(=O)OOC(=O)c2ccc(S(=O)(=O)O)c(C(=O)O)c2)cc(S(=O)(=O)O)c1. The number of hydrogen-bond acceptors (Lipinski definition) is 10. The minimum Gasteiger partial charge on any atom is -0.478 e. The minimum atomic E-state index is -4.95. The van der Waals surface area contributed by atoms with Crippen LogP contribution in [0.1, 0.15) is 41.4 Å². The van der Waals surface area contributed by atoms with Crippen LogP contribution < -0.4 is 0 Å². The van der Waals surface area contributed by atoms with E-state index in [1.807, 2.05) is 0 Å². The molecule has 4 N–H and O–H groups in total. The predicted molar refractivity (Wildman–Crippen MR) is 97.3 cm³/mol. The van der Waals surface area contributed by atoms with Crippen LogP contribution in [-0.4, -0.2) is 60.0 Å². The number of carbonyl (C=O) groups excluding carboxylic acids is 2. The van der Waals surface area contributed by atoms with Crippen LogP contribution in [0.4, 0.5) is 0 Å². The number of aromatic carboxylic acids is 2. The standard InChI is InChI=1S/C16H10O14S2/c17-13(18)8-3-9(5-10(4-8)31(23,24)25)16(22)30-29-15(21)7-1-2-12(32(26,27)28)11(6-7)14(19)20/h1-6H,(H,17,18)(H,19,20)(H,23,24,25)(H,26,27,28). The average Bonchev–Trinajstić information content (AvgIpc) is 2.69. The van der Waals surface area contributed by atoms with E-state index >= 15 is 0 Å². The largest absolute Gasteiger partial charge is 0.478 e. The second-order valence-electron chi connectivity index (χ2n) is 5.76. The highest BCUT2D eigenvalue weighted by molar-refractivity contribution is 7.86. The van der Waals surface area contributed by atoms with Gasteiger partial charge in [-0.05, 0) is 36.4 Å². The molecular formula is C16H10O14S2. The lowest BCUT2D eigenvalue weighted by atomic mass is 10.1. The van der Waals surface area contributed by atoms with Gasteiger partial charge in [-0.25, -0.2) is 29.0 Å². The fourth-order valence-electron chi connectivity index (χ4n) is 2.21. The second-order valence-corrected chi connectivity index (χ2v) is 8.57. The van der Waals surface area contributed by atoms with Crippen LogP contribution in [0.3, 0.4) is 0 Å². The lowest BCUT2D eigenvalue weighted by Crippen LogP contribution is -2.15. The molecule has 0 saturated carbocycles. The van der Waals surface area contributed by atoms with Crippen molar-refractivity contribution in [2.45, 2.75) is 9.79 Å². The molecular weight excluding hydrogens is 480 g/mol. The van der Waals surface area contributed by atoms with Crippen LogP contribution in [0.2, 0.25) is 0 Å². The molecule has 0 aromatic heterocycles. The Morgan fingerprint density at radius 1 is 0.656 bits per heavy atom. The Hall–Kier alpha value is -3.86. The second kappa shape index (κ2) is 8.71. The minimum absolute atomic E-state index is 0.503. The van der Waals surface area contributed by atoms with Crippen LogP contribution in [0.5, 0.6) is 0 Å². The van der Waals surface area contributed by atoms with Crippen molar-refractivity contribution in [3.8, 4) is 0 Å². The van der Waals surface area contributed by atoms with E-state index in [1.165, 1.54) is 0 Å². The Morgan fingerprint density at radius 3 is 1.66 bits per heavy atom. The van der Waals surface area contributed by atoms with Crippen molar-refractivity contribution in [1.29, 1.82) is 0 Å². The average molecular weight is 490 g/mol. The van der Waals surface area contributed by atoms with E-state index in [2.05, 4.69) is 9.78 Å². The van der Waals surface area contributed by atoms with Gasteiger partial charge >= 0.3 is 23.9 Å². The van der Waals surface area contributed by atoms with Crippen LogP contribution in [0.25, 0.3) is 0 Å². The molecule has 0 heterocycles. The molecule has 0 saturated heterocycles. The maximum atomic E-state index is 12.0. The zero-order chi connectivity index (χ0) is 24.4. The summed E-state index contributed by atoms with van der Waals surface area (Å²) in [5, 5.41) is 18.0. The van der Waals surface area contributed by atoms with Gasteiger partial charge in [0.15, 0.2) is 0 Å². The summed E-state index contributed by atoms with van der Waals surface area (Å²) >= 11 is 0. The monoisotopic (exact) mass is 490 g/mol. The van der Waals surface area contributed by atoms with Crippen molar-refractivity contribution in [3.63, 3.8) is 0 Å². The first-order chi connectivity index (χ1) is 14.6. The fraction of sp³-hybridized carbons (Fsp3) is 0. The van der Waals surface area contributed by atoms with Crippen LogP contribution in [0.15, 0.2) is 46.2 Å². The Bertz CT molecular complexity index is 1360. The molecule has 170 valence electrons. The van der Waals surface area contributed by atoms with Crippen molar-refractivity contribution in [2.75, 3.05) is 0 Å². The molecule has 14 nitrogen and oxygen atoms in total. The molecule has 0 spiro atoms. The molecule has 0 fully saturated rings. The summed E-state index contributed by atoms with van der Waals surface area (Å²) in [6.45, 7) is 0. The van der Waals surface area contributed by atoms with Crippen molar-refractivity contribution < 1.29 is 65.1 Å². The first-order valence-corrected chi connectivity index (χ1v) is 10.6. The Labute approximate surface area is 178 Å². The zero-order valence-corrected chi connectivity index (χ0v) is 16.8. The Morgan fingerprint density at radius 2 is 1.19 bits per heavy atom. The van der Waals surface area contributed by atoms with E-state index in [-0.39, 0.29) is 0 Å². The molecule has 0 atom stereocenters. The van der Waals surface area contributed by atoms with Crippen molar-refractivity contribution >= 4 is 44.1 Å². The van der Waals surface area contributed by atoms with E-state index in [4.69, 9.17) is 19.3 Å². The van der Waals surface area contributed by atoms with Crippen LogP contribution in [0, 0.1) is 0 Å². The topological polar surface area (TPSA) is 236 Å². The van der Waals surface area contributed by atoms with Crippen molar-refractivity contribution in [2.24, 2.45) is 0 Å². The van der Waals surface area contributed by atoms with E-state index < -0.39 is 76.2 Å². The molecule has 16 heteroatoms. The van der Waals surface area contributed by atoms with E-state index in [9.17, 15) is 36.0 Å². The number of carboxylic acid groups (broad SMARTS) is 2. The quantitative estimate of drug-likeness (QED) is 0.245. The van der Waals surface area contributed by atoms with Gasteiger partial charge < -0.3 is 10.2 Å². The predicted octanol–water partition coefficient (Wildman–Crippen LogP) is 0.505. The lowest BCUT2D eigenvalue weighted by molar-refractivity contribution is -0.187. The number of hydrogen-bond donors (Lipinski definition) is 4. The summed E-state index contributed by atoms with van der Waals surface area (Å²) in [5.41, 5.74) is -3.11. The molecule has 2 rings (SSSR count). The number of benzene rings is 2. The van der Waals surface area contributed by atoms with Gasteiger partial charge in [-0.15, -0.1) is 0 Å². The molecule has 0 unspecified atom stereocenters. The molecule has 0 radical (unpaired) electrons. The maximum Gasteiger partial charge on any atom is 0.386 e. The number of carbonyl (C=O) groups is 4. The van der Waals surface area contributed by atoms with Gasteiger partial charge in [0, 0.05) is 0 Å². The van der Waals surface area contributed by atoms with E-state index in [0.29, 0.717) is 30.3 Å². The summed E-state index contributed by atoms with van der Waals surface area (Å²) in [6.07, 6.45) is 0. The third-order valence-electron chi connectivity index (χ3n) is 3.60. The third kappa shape index (κ3) is 5.64. The number of carboxylic acids is 2. The smallest absolute Gasteiger partial charge is 0.386 e. The van der Waals surface area contributed by atoms with Crippen LogP contribution in [-0.2, 0) is 30.0 Å². The molecule has 0 aliphatic carbocycles. The van der Waals surface area contributed by atoms with Gasteiger partial charge in [-0.2, -0.15) is 16.8 Å². The Kier molecular flexibility index (Phi) is 6.64. The molecule has 32 heavy (non-hydrogen) atoms. The molecule has 2 aromatic carbocycles. The highest BCUT2D eigenvalue weighted by atomic mass is 32.2. The molecule has 0 aliphatic heterocycles. The third-order valence-corrected chi connectivity index (χ3v) is 5.35. The van der Waals surface area contributed by atoms with Gasteiger partial charge in [-0.3, -0.25) is 9.11 Å². The summed E-state index contributed by atoms with van der Waals surface area (Å²) in [4.78, 5) is 52.6. The maximum absolute atomic E-state index is 12.0. The summed E-state index contributed by atoms with van der Waals surface area (Å²) in [6, 6.07) is 3.53. The van der Waals surface area contributed by atoms with Gasteiger partial charge in [0.25, 0.3) is 20.2 Å². The van der Waals surface area contributed by atoms with E-state index in [1.54, 1.807) is 0 Å². The highest BCUT2D eigenvalue weighted by Crippen LogP contribution is 2.19. The first kappa shape index (κ1) is 24.4. The lowest BCUT2D eigenvalue weighted by Gasteiger charge is -2.07. The molecule has 0 amide bonds. The zero-order valence-electron chi connectivity index (χ0n) is 15.2.